The van der Waals surface area contributed by atoms with Crippen LogP contribution in [0.25, 0.3) is 0 Å². The molecule has 2 aromatic rings. The maximum absolute atomic E-state index is 12.3. The number of nitrogens with one attached hydrogen (secondary N) is 1. The SMILES string of the molecule is CCCCN(C)C(=O)c1cc(NCc2ccc(Cl)cc2)ccn1. The summed E-state index contributed by atoms with van der Waals surface area (Å²) in [5.41, 5.74) is 2.46. The normalized spacial score (nSPS) is 10.4. The first-order valence-corrected chi connectivity index (χ1v) is 8.17. The molecule has 0 radical (unpaired) electrons. The Morgan fingerprint density at radius 3 is 2.70 bits per heavy atom. The molecule has 0 aliphatic carbocycles. The van der Waals surface area contributed by atoms with E-state index in [1.165, 1.54) is 0 Å². The third kappa shape index (κ3) is 5.25. The van der Waals surface area contributed by atoms with Gasteiger partial charge in [0.15, 0.2) is 0 Å². The van der Waals surface area contributed by atoms with Crippen LogP contribution >= 0.6 is 11.6 Å². The topological polar surface area (TPSA) is 45.2 Å². The highest BCUT2D eigenvalue weighted by molar-refractivity contribution is 6.30. The zero-order valence-electron chi connectivity index (χ0n) is 13.6. The van der Waals surface area contributed by atoms with Gasteiger partial charge in [-0.1, -0.05) is 37.1 Å². The van der Waals surface area contributed by atoms with Crippen molar-refractivity contribution < 1.29 is 4.79 Å². The molecule has 0 bridgehead atoms. The number of hydrogen-bond donors (Lipinski definition) is 1. The van der Waals surface area contributed by atoms with Gasteiger partial charge >= 0.3 is 0 Å². The fourth-order valence-electron chi connectivity index (χ4n) is 2.16. The molecule has 0 aliphatic rings. The largest absolute Gasteiger partial charge is 0.381 e. The number of hydrogen-bond acceptors (Lipinski definition) is 3. The quantitative estimate of drug-likeness (QED) is 0.826. The fraction of sp³-hybridized carbons (Fsp3) is 0.333. The number of amides is 1. The Morgan fingerprint density at radius 2 is 2.00 bits per heavy atom. The van der Waals surface area contributed by atoms with Gasteiger partial charge in [0, 0.05) is 37.0 Å². The molecule has 1 N–H and O–H groups in total. The smallest absolute Gasteiger partial charge is 0.272 e. The summed E-state index contributed by atoms with van der Waals surface area (Å²) in [6.07, 6.45) is 3.72. The summed E-state index contributed by atoms with van der Waals surface area (Å²) in [6.45, 7) is 3.53. The highest BCUT2D eigenvalue weighted by atomic mass is 35.5. The average molecular weight is 332 g/mol. The van der Waals surface area contributed by atoms with Gasteiger partial charge in [-0.3, -0.25) is 9.78 Å². The maximum Gasteiger partial charge on any atom is 0.272 e. The van der Waals surface area contributed by atoms with Crippen LogP contribution in [0.2, 0.25) is 5.02 Å². The predicted octanol–water partition coefficient (Wildman–Crippen LogP) is 4.22. The van der Waals surface area contributed by atoms with Gasteiger partial charge in [-0.25, -0.2) is 0 Å². The lowest BCUT2D eigenvalue weighted by Crippen LogP contribution is -2.28. The lowest BCUT2D eigenvalue weighted by atomic mass is 10.2. The highest BCUT2D eigenvalue weighted by Gasteiger charge is 2.12. The summed E-state index contributed by atoms with van der Waals surface area (Å²) >= 11 is 5.88. The van der Waals surface area contributed by atoms with E-state index in [-0.39, 0.29) is 5.91 Å². The molecule has 1 amide bonds. The summed E-state index contributed by atoms with van der Waals surface area (Å²) in [6, 6.07) is 11.3. The molecule has 1 heterocycles. The number of unbranched alkanes of at least 4 members (excludes halogenated alkanes) is 1. The Labute approximate surface area is 142 Å². The van der Waals surface area contributed by atoms with Crippen LogP contribution in [0.5, 0.6) is 0 Å². The van der Waals surface area contributed by atoms with Crippen LogP contribution in [-0.4, -0.2) is 29.4 Å². The molecular formula is C18H22ClN3O. The van der Waals surface area contributed by atoms with Crippen molar-refractivity contribution in [2.75, 3.05) is 18.9 Å². The Morgan fingerprint density at radius 1 is 1.26 bits per heavy atom. The summed E-state index contributed by atoms with van der Waals surface area (Å²) in [4.78, 5) is 18.2. The molecule has 23 heavy (non-hydrogen) atoms. The van der Waals surface area contributed by atoms with Crippen LogP contribution in [0.4, 0.5) is 5.69 Å². The van der Waals surface area contributed by atoms with Gasteiger partial charge in [-0.2, -0.15) is 0 Å². The zero-order valence-corrected chi connectivity index (χ0v) is 14.3. The molecule has 0 fully saturated rings. The van der Waals surface area contributed by atoms with E-state index in [1.807, 2.05) is 37.4 Å². The van der Waals surface area contributed by atoms with Crippen molar-refractivity contribution in [3.05, 3.63) is 58.9 Å². The van der Waals surface area contributed by atoms with Gasteiger partial charge < -0.3 is 10.2 Å². The number of rotatable bonds is 7. The van der Waals surface area contributed by atoms with Crippen LogP contribution < -0.4 is 5.32 Å². The van der Waals surface area contributed by atoms with E-state index >= 15 is 0 Å². The Balaban J connectivity index is 1.98. The van der Waals surface area contributed by atoms with Crippen molar-refractivity contribution in [2.45, 2.75) is 26.3 Å². The van der Waals surface area contributed by atoms with Crippen molar-refractivity contribution in [3.63, 3.8) is 0 Å². The second-order valence-electron chi connectivity index (χ2n) is 5.49. The molecule has 122 valence electrons. The average Bonchev–Trinajstić information content (AvgIpc) is 2.58. The number of pyridine rings is 1. The van der Waals surface area contributed by atoms with Gasteiger partial charge in [0.05, 0.1) is 0 Å². The first-order valence-electron chi connectivity index (χ1n) is 7.80. The standard InChI is InChI=1S/C18H22ClN3O/c1-3-4-11-22(2)18(23)17-12-16(9-10-20-17)21-13-14-5-7-15(19)8-6-14/h5-10,12H,3-4,11,13H2,1-2H3,(H,20,21). The number of nitrogens with zero attached hydrogens (tertiary/aromatic N) is 2. The van der Waals surface area contributed by atoms with Gasteiger partial charge in [0.2, 0.25) is 0 Å². The highest BCUT2D eigenvalue weighted by Crippen LogP contribution is 2.14. The number of halogens is 1. The minimum Gasteiger partial charge on any atom is -0.381 e. The molecule has 0 saturated carbocycles. The molecule has 1 aromatic heterocycles. The molecule has 0 saturated heterocycles. The number of carbonyl (C=O) groups excluding carboxylic acids is 1. The minimum atomic E-state index is -0.0476. The summed E-state index contributed by atoms with van der Waals surface area (Å²) in [7, 11) is 1.81. The van der Waals surface area contributed by atoms with Crippen molar-refractivity contribution in [2.24, 2.45) is 0 Å². The lowest BCUT2D eigenvalue weighted by Gasteiger charge is -2.16. The number of anilines is 1. The molecular weight excluding hydrogens is 310 g/mol. The first kappa shape index (κ1) is 17.3. The fourth-order valence-corrected chi connectivity index (χ4v) is 2.28. The Kier molecular flexibility index (Phi) is 6.41. The van der Waals surface area contributed by atoms with E-state index in [0.717, 1.165) is 35.7 Å². The van der Waals surface area contributed by atoms with E-state index in [9.17, 15) is 4.79 Å². The second kappa shape index (κ2) is 8.53. The molecule has 1 aromatic carbocycles. The van der Waals surface area contributed by atoms with E-state index in [1.54, 1.807) is 17.2 Å². The molecule has 5 heteroatoms. The van der Waals surface area contributed by atoms with Crippen LogP contribution in [0.15, 0.2) is 42.6 Å². The van der Waals surface area contributed by atoms with Crippen LogP contribution in [-0.2, 0) is 6.54 Å². The maximum atomic E-state index is 12.3. The first-order chi connectivity index (χ1) is 11.1. The van der Waals surface area contributed by atoms with Gasteiger partial charge in [-0.05, 0) is 36.2 Å². The van der Waals surface area contributed by atoms with E-state index < -0.39 is 0 Å². The molecule has 4 nitrogen and oxygen atoms in total. The van der Waals surface area contributed by atoms with E-state index in [4.69, 9.17) is 11.6 Å². The number of aromatic nitrogens is 1. The second-order valence-corrected chi connectivity index (χ2v) is 5.93. The molecule has 0 aliphatic heterocycles. The predicted molar refractivity (Wildman–Crippen MR) is 94.9 cm³/mol. The van der Waals surface area contributed by atoms with Crippen LogP contribution in [0.3, 0.4) is 0 Å². The molecule has 0 unspecified atom stereocenters. The number of carbonyl (C=O) groups is 1. The third-order valence-electron chi connectivity index (χ3n) is 3.58. The lowest BCUT2D eigenvalue weighted by molar-refractivity contribution is 0.0787. The molecule has 0 atom stereocenters. The van der Waals surface area contributed by atoms with Gasteiger partial charge in [-0.15, -0.1) is 0 Å². The van der Waals surface area contributed by atoms with Gasteiger partial charge in [0.1, 0.15) is 5.69 Å². The monoisotopic (exact) mass is 331 g/mol. The van der Waals surface area contributed by atoms with Crippen molar-refractivity contribution in [3.8, 4) is 0 Å². The summed E-state index contributed by atoms with van der Waals surface area (Å²) in [5, 5.41) is 4.03. The summed E-state index contributed by atoms with van der Waals surface area (Å²) in [5.74, 6) is -0.0476. The van der Waals surface area contributed by atoms with Crippen LogP contribution in [0, 0.1) is 0 Å². The van der Waals surface area contributed by atoms with E-state index in [0.29, 0.717) is 12.2 Å². The van der Waals surface area contributed by atoms with Crippen molar-refractivity contribution in [1.82, 2.24) is 9.88 Å². The Bertz CT molecular complexity index is 643. The minimum absolute atomic E-state index is 0.0476. The molecule has 2 rings (SSSR count). The van der Waals surface area contributed by atoms with Gasteiger partial charge in [0.25, 0.3) is 5.91 Å². The van der Waals surface area contributed by atoms with Crippen molar-refractivity contribution >= 4 is 23.2 Å². The summed E-state index contributed by atoms with van der Waals surface area (Å²) < 4.78 is 0. The molecule has 0 spiro atoms. The number of benzene rings is 1. The van der Waals surface area contributed by atoms with Crippen LogP contribution in [0.1, 0.15) is 35.8 Å². The van der Waals surface area contributed by atoms with Crippen molar-refractivity contribution in [1.29, 1.82) is 0 Å². The Hall–Kier alpha value is -2.07. The zero-order chi connectivity index (χ0) is 16.7. The van der Waals surface area contributed by atoms with E-state index in [2.05, 4.69) is 17.2 Å². The third-order valence-corrected chi connectivity index (χ3v) is 3.83.